The van der Waals surface area contributed by atoms with Crippen molar-refractivity contribution in [2.45, 2.75) is 13.2 Å². The third-order valence-corrected chi connectivity index (χ3v) is 4.08. The van der Waals surface area contributed by atoms with E-state index in [0.29, 0.717) is 12.4 Å². The van der Waals surface area contributed by atoms with Gasteiger partial charge in [-0.1, -0.05) is 40.2 Å². The maximum absolute atomic E-state index is 12.5. The van der Waals surface area contributed by atoms with E-state index in [0.717, 1.165) is 10.0 Å². The maximum Gasteiger partial charge on any atom is 0.387 e. The van der Waals surface area contributed by atoms with Gasteiger partial charge < -0.3 is 10.1 Å². The minimum absolute atomic E-state index is 0.0178. The van der Waals surface area contributed by atoms with E-state index in [-0.39, 0.29) is 11.3 Å². The standard InChI is InChI=1S/C18H14BrF2N3O2/c19-13-7-5-12(6-8-13)11-24-16(9-10-22-24)23-17(25)14-3-1-2-4-15(14)26-18(20)21/h1-10,18H,11H2,(H,23,25). The first-order valence-corrected chi connectivity index (χ1v) is 8.43. The van der Waals surface area contributed by atoms with Gasteiger partial charge in [-0.25, -0.2) is 4.68 Å². The fourth-order valence-corrected chi connectivity index (χ4v) is 2.63. The molecule has 2 aromatic carbocycles. The highest BCUT2D eigenvalue weighted by molar-refractivity contribution is 9.10. The Morgan fingerprint density at radius 1 is 1.15 bits per heavy atom. The van der Waals surface area contributed by atoms with Crippen LogP contribution < -0.4 is 10.1 Å². The highest BCUT2D eigenvalue weighted by Gasteiger charge is 2.16. The quantitative estimate of drug-likeness (QED) is 0.635. The second-order valence-corrected chi connectivity index (χ2v) is 6.25. The van der Waals surface area contributed by atoms with Crippen molar-refractivity contribution in [2.75, 3.05) is 5.32 Å². The molecule has 3 aromatic rings. The van der Waals surface area contributed by atoms with Crippen molar-refractivity contribution in [3.63, 3.8) is 0 Å². The molecule has 1 amide bonds. The molecule has 0 unspecified atom stereocenters. The van der Waals surface area contributed by atoms with Crippen LogP contribution in [0.1, 0.15) is 15.9 Å². The van der Waals surface area contributed by atoms with Crippen molar-refractivity contribution in [2.24, 2.45) is 0 Å². The van der Waals surface area contributed by atoms with Crippen LogP contribution in [0.4, 0.5) is 14.6 Å². The van der Waals surface area contributed by atoms with Crippen LogP contribution in [0.25, 0.3) is 0 Å². The lowest BCUT2D eigenvalue weighted by Crippen LogP contribution is -2.18. The summed E-state index contributed by atoms with van der Waals surface area (Å²) >= 11 is 3.38. The van der Waals surface area contributed by atoms with Crippen LogP contribution in [-0.4, -0.2) is 22.3 Å². The van der Waals surface area contributed by atoms with Gasteiger partial charge in [0.2, 0.25) is 0 Å². The zero-order valence-corrected chi connectivity index (χ0v) is 15.0. The first-order valence-electron chi connectivity index (χ1n) is 7.64. The predicted molar refractivity (Wildman–Crippen MR) is 96.5 cm³/mol. The van der Waals surface area contributed by atoms with Crippen LogP contribution in [0, 0.1) is 0 Å². The molecule has 8 heteroatoms. The molecule has 0 bridgehead atoms. The summed E-state index contributed by atoms with van der Waals surface area (Å²) in [6.07, 6.45) is 1.55. The topological polar surface area (TPSA) is 56.2 Å². The SMILES string of the molecule is O=C(Nc1ccnn1Cc1ccc(Br)cc1)c1ccccc1OC(F)F. The van der Waals surface area contributed by atoms with Crippen molar-refractivity contribution in [3.05, 3.63) is 76.4 Å². The molecule has 26 heavy (non-hydrogen) atoms. The molecule has 0 aliphatic heterocycles. The lowest BCUT2D eigenvalue weighted by atomic mass is 10.2. The molecule has 1 heterocycles. The van der Waals surface area contributed by atoms with Crippen LogP contribution >= 0.6 is 15.9 Å². The van der Waals surface area contributed by atoms with Gasteiger partial charge in [0, 0.05) is 10.5 Å². The predicted octanol–water partition coefficient (Wildman–Crippen LogP) is 4.55. The third-order valence-electron chi connectivity index (χ3n) is 3.55. The number of nitrogens with zero attached hydrogens (tertiary/aromatic N) is 2. The second kappa shape index (κ2) is 8.09. The number of halogens is 3. The lowest BCUT2D eigenvalue weighted by molar-refractivity contribution is -0.0501. The minimum atomic E-state index is -3.01. The van der Waals surface area contributed by atoms with Gasteiger partial charge in [-0.2, -0.15) is 13.9 Å². The van der Waals surface area contributed by atoms with Gasteiger partial charge >= 0.3 is 6.61 Å². The Hall–Kier alpha value is -2.74. The number of ether oxygens (including phenoxy) is 1. The first-order chi connectivity index (χ1) is 12.5. The number of hydrogen-bond donors (Lipinski definition) is 1. The number of para-hydroxylation sites is 1. The molecule has 1 aromatic heterocycles. The Morgan fingerprint density at radius 3 is 2.62 bits per heavy atom. The molecular formula is C18H14BrF2N3O2. The third kappa shape index (κ3) is 4.45. The monoisotopic (exact) mass is 421 g/mol. The fourth-order valence-electron chi connectivity index (χ4n) is 2.36. The number of alkyl halides is 2. The molecule has 0 saturated heterocycles. The van der Waals surface area contributed by atoms with Gasteiger partial charge in [0.05, 0.1) is 18.3 Å². The fraction of sp³-hybridized carbons (Fsp3) is 0.111. The molecule has 0 fully saturated rings. The zero-order chi connectivity index (χ0) is 18.5. The van der Waals surface area contributed by atoms with Crippen LogP contribution in [0.2, 0.25) is 0 Å². The van der Waals surface area contributed by atoms with Gasteiger partial charge in [-0.3, -0.25) is 4.79 Å². The summed E-state index contributed by atoms with van der Waals surface area (Å²) in [5.41, 5.74) is 1.01. The lowest BCUT2D eigenvalue weighted by Gasteiger charge is -2.12. The van der Waals surface area contributed by atoms with E-state index in [1.165, 1.54) is 18.2 Å². The molecule has 0 atom stereocenters. The van der Waals surface area contributed by atoms with Crippen molar-refractivity contribution in [1.29, 1.82) is 0 Å². The van der Waals surface area contributed by atoms with Crippen molar-refractivity contribution in [1.82, 2.24) is 9.78 Å². The molecule has 134 valence electrons. The maximum atomic E-state index is 12.5. The van der Waals surface area contributed by atoms with E-state index in [2.05, 4.69) is 31.1 Å². The Balaban J connectivity index is 1.77. The largest absolute Gasteiger partial charge is 0.434 e. The molecule has 0 aliphatic rings. The number of amides is 1. The number of aromatic nitrogens is 2. The zero-order valence-electron chi connectivity index (χ0n) is 13.4. The highest BCUT2D eigenvalue weighted by atomic mass is 79.9. The summed E-state index contributed by atoms with van der Waals surface area (Å²) in [5.74, 6) is -0.289. The summed E-state index contributed by atoms with van der Waals surface area (Å²) in [7, 11) is 0. The number of carbonyl (C=O) groups excluding carboxylic acids is 1. The smallest absolute Gasteiger partial charge is 0.387 e. The number of carbonyl (C=O) groups is 1. The minimum Gasteiger partial charge on any atom is -0.434 e. The van der Waals surface area contributed by atoms with Gasteiger partial charge in [-0.15, -0.1) is 0 Å². The van der Waals surface area contributed by atoms with E-state index < -0.39 is 12.5 Å². The number of anilines is 1. The highest BCUT2D eigenvalue weighted by Crippen LogP contribution is 2.22. The molecule has 0 aliphatic carbocycles. The normalized spacial score (nSPS) is 10.8. The molecule has 0 spiro atoms. The Morgan fingerprint density at radius 2 is 1.88 bits per heavy atom. The number of nitrogens with one attached hydrogen (secondary N) is 1. The van der Waals surface area contributed by atoms with Gasteiger partial charge in [0.1, 0.15) is 11.6 Å². The van der Waals surface area contributed by atoms with Crippen LogP contribution in [0.15, 0.2) is 65.3 Å². The summed E-state index contributed by atoms with van der Waals surface area (Å²) in [6.45, 7) is -2.56. The summed E-state index contributed by atoms with van der Waals surface area (Å²) < 4.78 is 32.0. The van der Waals surface area contributed by atoms with Gasteiger partial charge in [-0.05, 0) is 29.8 Å². The second-order valence-electron chi connectivity index (χ2n) is 5.33. The van der Waals surface area contributed by atoms with Crippen LogP contribution in [0.3, 0.4) is 0 Å². The Bertz CT molecular complexity index is 897. The molecule has 5 nitrogen and oxygen atoms in total. The Labute approximate surface area is 156 Å². The summed E-state index contributed by atoms with van der Waals surface area (Å²) in [6, 6.07) is 15.2. The van der Waals surface area contributed by atoms with E-state index in [4.69, 9.17) is 0 Å². The Kier molecular flexibility index (Phi) is 5.62. The van der Waals surface area contributed by atoms with E-state index in [1.54, 1.807) is 23.0 Å². The summed E-state index contributed by atoms with van der Waals surface area (Å²) in [4.78, 5) is 12.5. The molecule has 3 rings (SSSR count). The van der Waals surface area contributed by atoms with Crippen molar-refractivity contribution >= 4 is 27.7 Å². The first kappa shape index (κ1) is 18.1. The van der Waals surface area contributed by atoms with Gasteiger partial charge in [0.25, 0.3) is 5.91 Å². The number of benzene rings is 2. The molecular weight excluding hydrogens is 408 g/mol. The van der Waals surface area contributed by atoms with Crippen LogP contribution in [0.5, 0.6) is 5.75 Å². The van der Waals surface area contributed by atoms with Crippen molar-refractivity contribution in [3.8, 4) is 5.75 Å². The van der Waals surface area contributed by atoms with E-state index in [9.17, 15) is 13.6 Å². The van der Waals surface area contributed by atoms with E-state index in [1.807, 2.05) is 24.3 Å². The number of hydrogen-bond acceptors (Lipinski definition) is 3. The molecule has 0 saturated carbocycles. The average molecular weight is 422 g/mol. The van der Waals surface area contributed by atoms with E-state index >= 15 is 0 Å². The summed E-state index contributed by atoms with van der Waals surface area (Å²) in [5, 5.41) is 6.87. The van der Waals surface area contributed by atoms with Crippen LogP contribution in [-0.2, 0) is 6.54 Å². The van der Waals surface area contributed by atoms with Gasteiger partial charge in [0.15, 0.2) is 0 Å². The average Bonchev–Trinajstić information content (AvgIpc) is 3.03. The van der Waals surface area contributed by atoms with Crippen molar-refractivity contribution < 1.29 is 18.3 Å². The number of rotatable bonds is 6. The molecule has 0 radical (unpaired) electrons. The molecule has 1 N–H and O–H groups in total.